The summed E-state index contributed by atoms with van der Waals surface area (Å²) in [5.41, 5.74) is 0.812. The maximum absolute atomic E-state index is 12.0. The van der Waals surface area contributed by atoms with Crippen LogP contribution in [0.1, 0.15) is 12.5 Å². The standard InChI is InChI=1S/C16H15N3O5S2/c1-2-22-14(21)8-25-16-19-18-15(26-16)17-13(20)6-4-10-3-5-11-12(7-10)24-9-23-11/h3-7H,2,8-9H2,1H3,(H,17,18,20)/b6-4-. The Morgan fingerprint density at radius 2 is 2.19 bits per heavy atom. The van der Waals surface area contributed by atoms with Crippen molar-refractivity contribution >= 4 is 46.2 Å². The van der Waals surface area contributed by atoms with Crippen molar-refractivity contribution in [1.82, 2.24) is 10.2 Å². The largest absolute Gasteiger partial charge is 0.465 e. The molecular weight excluding hydrogens is 378 g/mol. The van der Waals surface area contributed by atoms with Crippen LogP contribution in [-0.2, 0) is 14.3 Å². The number of thioether (sulfide) groups is 1. The molecule has 1 aromatic carbocycles. The van der Waals surface area contributed by atoms with E-state index in [0.29, 0.717) is 27.6 Å². The predicted octanol–water partition coefficient (Wildman–Crippen LogP) is 2.57. The summed E-state index contributed by atoms with van der Waals surface area (Å²) < 4.78 is 15.9. The quantitative estimate of drug-likeness (QED) is 0.332. The van der Waals surface area contributed by atoms with Crippen LogP contribution < -0.4 is 14.8 Å². The number of hydrogen-bond acceptors (Lipinski definition) is 9. The van der Waals surface area contributed by atoms with Crippen molar-refractivity contribution in [3.63, 3.8) is 0 Å². The lowest BCUT2D eigenvalue weighted by molar-refractivity contribution is -0.139. The third kappa shape index (κ3) is 4.96. The Labute approximate surface area is 157 Å². The number of nitrogens with one attached hydrogen (secondary N) is 1. The van der Waals surface area contributed by atoms with Gasteiger partial charge < -0.3 is 14.2 Å². The monoisotopic (exact) mass is 393 g/mol. The van der Waals surface area contributed by atoms with E-state index in [0.717, 1.165) is 5.56 Å². The van der Waals surface area contributed by atoms with E-state index in [1.54, 1.807) is 25.1 Å². The number of hydrogen-bond donors (Lipinski definition) is 1. The van der Waals surface area contributed by atoms with Crippen LogP contribution in [0.2, 0.25) is 0 Å². The molecule has 3 rings (SSSR count). The van der Waals surface area contributed by atoms with Gasteiger partial charge in [0, 0.05) is 6.08 Å². The van der Waals surface area contributed by atoms with Gasteiger partial charge >= 0.3 is 5.97 Å². The van der Waals surface area contributed by atoms with Crippen molar-refractivity contribution in [2.75, 3.05) is 24.5 Å². The van der Waals surface area contributed by atoms with Gasteiger partial charge in [0.1, 0.15) is 0 Å². The zero-order valence-corrected chi connectivity index (χ0v) is 15.4. The van der Waals surface area contributed by atoms with Gasteiger partial charge in [-0.2, -0.15) is 0 Å². The van der Waals surface area contributed by atoms with E-state index in [1.807, 2.05) is 6.07 Å². The minimum Gasteiger partial charge on any atom is -0.465 e. The molecule has 2 heterocycles. The molecule has 0 saturated heterocycles. The molecule has 0 aliphatic carbocycles. The maximum atomic E-state index is 12.0. The zero-order chi connectivity index (χ0) is 18.4. The minimum atomic E-state index is -0.333. The average Bonchev–Trinajstić information content (AvgIpc) is 3.27. The fourth-order valence-electron chi connectivity index (χ4n) is 1.98. The van der Waals surface area contributed by atoms with Gasteiger partial charge in [-0.05, 0) is 30.7 Å². The van der Waals surface area contributed by atoms with Crippen molar-refractivity contribution < 1.29 is 23.8 Å². The lowest BCUT2D eigenvalue weighted by Crippen LogP contribution is -2.07. The molecule has 8 nitrogen and oxygen atoms in total. The van der Waals surface area contributed by atoms with Crippen LogP contribution in [0.25, 0.3) is 6.08 Å². The van der Waals surface area contributed by atoms with Crippen LogP contribution in [0, 0.1) is 0 Å². The lowest BCUT2D eigenvalue weighted by atomic mass is 10.2. The molecule has 1 aliphatic rings. The zero-order valence-electron chi connectivity index (χ0n) is 13.8. The van der Waals surface area contributed by atoms with E-state index < -0.39 is 0 Å². The first kappa shape index (κ1) is 18.2. The van der Waals surface area contributed by atoms with E-state index >= 15 is 0 Å². The molecule has 1 aromatic heterocycles. The highest BCUT2D eigenvalue weighted by molar-refractivity contribution is 8.01. The Bertz CT molecular complexity index is 837. The summed E-state index contributed by atoms with van der Waals surface area (Å²) in [6.45, 7) is 2.29. The van der Waals surface area contributed by atoms with Gasteiger partial charge in [0.25, 0.3) is 0 Å². The van der Waals surface area contributed by atoms with Crippen molar-refractivity contribution in [3.05, 3.63) is 29.8 Å². The van der Waals surface area contributed by atoms with Gasteiger partial charge in [-0.25, -0.2) is 0 Å². The van der Waals surface area contributed by atoms with Gasteiger partial charge in [-0.15, -0.1) is 10.2 Å². The summed E-state index contributed by atoms with van der Waals surface area (Å²) in [5, 5.41) is 10.8. The molecule has 10 heteroatoms. The average molecular weight is 393 g/mol. The highest BCUT2D eigenvalue weighted by Gasteiger charge is 2.13. The van der Waals surface area contributed by atoms with Gasteiger partial charge in [0.2, 0.25) is 17.8 Å². The summed E-state index contributed by atoms with van der Waals surface area (Å²) >= 11 is 2.40. The molecule has 0 bridgehead atoms. The van der Waals surface area contributed by atoms with Crippen LogP contribution in [0.4, 0.5) is 5.13 Å². The van der Waals surface area contributed by atoms with E-state index in [9.17, 15) is 9.59 Å². The highest BCUT2D eigenvalue weighted by Crippen LogP contribution is 2.32. The molecule has 1 aliphatic heterocycles. The fourth-order valence-corrected chi connectivity index (χ4v) is 3.53. The number of aromatic nitrogens is 2. The van der Waals surface area contributed by atoms with Crippen molar-refractivity contribution in [3.8, 4) is 11.5 Å². The Balaban J connectivity index is 1.51. The van der Waals surface area contributed by atoms with Gasteiger partial charge in [-0.1, -0.05) is 29.2 Å². The maximum Gasteiger partial charge on any atom is 0.316 e. The number of rotatable bonds is 7. The number of amides is 1. The third-order valence-corrected chi connectivity index (χ3v) is 5.02. The summed E-state index contributed by atoms with van der Waals surface area (Å²) in [6.07, 6.45) is 3.05. The number of benzene rings is 1. The number of nitrogens with zero attached hydrogens (tertiary/aromatic N) is 2. The third-order valence-electron chi connectivity index (χ3n) is 3.08. The number of anilines is 1. The topological polar surface area (TPSA) is 99.6 Å². The Hall–Kier alpha value is -2.59. The molecule has 0 spiro atoms. The normalized spacial score (nSPS) is 12.3. The predicted molar refractivity (Wildman–Crippen MR) is 97.5 cm³/mol. The van der Waals surface area contributed by atoms with Crippen LogP contribution in [0.5, 0.6) is 11.5 Å². The van der Waals surface area contributed by atoms with E-state index in [2.05, 4.69) is 15.5 Å². The number of fused-ring (bicyclic) bond motifs is 1. The molecule has 0 fully saturated rings. The Morgan fingerprint density at radius 1 is 1.35 bits per heavy atom. The van der Waals surface area contributed by atoms with Crippen molar-refractivity contribution in [2.45, 2.75) is 11.3 Å². The van der Waals surface area contributed by atoms with Gasteiger partial charge in [0.05, 0.1) is 12.4 Å². The second-order valence-electron chi connectivity index (χ2n) is 4.90. The smallest absolute Gasteiger partial charge is 0.316 e. The molecule has 0 saturated carbocycles. The first-order valence-corrected chi connectivity index (χ1v) is 9.45. The van der Waals surface area contributed by atoms with E-state index in [4.69, 9.17) is 14.2 Å². The second-order valence-corrected chi connectivity index (χ2v) is 7.10. The second kappa shape index (κ2) is 8.68. The van der Waals surface area contributed by atoms with Crippen LogP contribution in [0.3, 0.4) is 0 Å². The summed E-state index contributed by atoms with van der Waals surface area (Å²) in [4.78, 5) is 23.3. The highest BCUT2D eigenvalue weighted by atomic mass is 32.2. The number of esters is 1. The first-order valence-electron chi connectivity index (χ1n) is 7.64. The Morgan fingerprint density at radius 3 is 3.04 bits per heavy atom. The van der Waals surface area contributed by atoms with Crippen LogP contribution >= 0.6 is 23.1 Å². The van der Waals surface area contributed by atoms with Gasteiger partial charge in [-0.3, -0.25) is 14.9 Å². The van der Waals surface area contributed by atoms with E-state index in [-0.39, 0.29) is 24.4 Å². The summed E-state index contributed by atoms with van der Waals surface area (Å²) in [7, 11) is 0. The lowest BCUT2D eigenvalue weighted by Gasteiger charge is -1.98. The number of carbonyl (C=O) groups excluding carboxylic acids is 2. The molecule has 1 amide bonds. The molecule has 1 N–H and O–H groups in total. The molecule has 0 radical (unpaired) electrons. The molecular formula is C16H15N3O5S2. The SMILES string of the molecule is CCOC(=O)CSc1nnc(NC(=O)/C=C\c2ccc3c(c2)OCO3)s1. The number of carbonyl (C=O) groups is 2. The molecule has 136 valence electrons. The summed E-state index contributed by atoms with van der Waals surface area (Å²) in [5.74, 6) is 0.847. The molecule has 0 atom stereocenters. The van der Waals surface area contributed by atoms with Gasteiger partial charge in [0.15, 0.2) is 15.8 Å². The van der Waals surface area contributed by atoms with Crippen molar-refractivity contribution in [1.29, 1.82) is 0 Å². The number of ether oxygens (including phenoxy) is 3. The molecule has 26 heavy (non-hydrogen) atoms. The van der Waals surface area contributed by atoms with Crippen molar-refractivity contribution in [2.24, 2.45) is 0 Å². The van der Waals surface area contributed by atoms with Crippen LogP contribution in [-0.4, -0.2) is 41.2 Å². The fraction of sp³-hybridized carbons (Fsp3) is 0.250. The van der Waals surface area contributed by atoms with Crippen LogP contribution in [0.15, 0.2) is 28.6 Å². The molecule has 2 aromatic rings. The molecule has 0 unspecified atom stereocenters. The Kier molecular flexibility index (Phi) is 6.08. The van der Waals surface area contributed by atoms with E-state index in [1.165, 1.54) is 29.2 Å². The summed E-state index contributed by atoms with van der Waals surface area (Å²) in [6, 6.07) is 5.41. The minimum absolute atomic E-state index is 0.153. The first-order chi connectivity index (χ1) is 12.6.